The van der Waals surface area contributed by atoms with Gasteiger partial charge in [0.05, 0.1) is 35.1 Å². The maximum atomic E-state index is 12.8. The Balaban J connectivity index is 0.000000137. The van der Waals surface area contributed by atoms with Crippen molar-refractivity contribution < 1.29 is 26.3 Å². The van der Waals surface area contributed by atoms with Crippen molar-refractivity contribution >= 4 is 20.0 Å². The Morgan fingerprint density at radius 2 is 1.02 bits per heavy atom. The van der Waals surface area contributed by atoms with Gasteiger partial charge in [0, 0.05) is 25.9 Å². The minimum Gasteiger partial charge on any atom is -0.357 e. The van der Waals surface area contributed by atoms with Crippen molar-refractivity contribution in [3.8, 4) is 0 Å². The number of nitrogens with zero attached hydrogens (tertiary/aromatic N) is 2. The van der Waals surface area contributed by atoms with Crippen molar-refractivity contribution in [2.45, 2.75) is 59.9 Å². The summed E-state index contributed by atoms with van der Waals surface area (Å²) >= 11 is 0. The number of benzene rings is 2. The quantitative estimate of drug-likeness (QED) is 0.488. The van der Waals surface area contributed by atoms with Gasteiger partial charge in [-0.15, -0.1) is 0 Å². The Bertz CT molecular complexity index is 1630. The van der Waals surface area contributed by atoms with Gasteiger partial charge >= 0.3 is 0 Å². The fraction of sp³-hybridized carbons (Fsp3) is 0.375. The molecule has 0 unspecified atom stereocenters. The molecule has 4 atom stereocenters. The van der Waals surface area contributed by atoms with Gasteiger partial charge in [-0.05, 0) is 61.4 Å². The van der Waals surface area contributed by atoms with E-state index >= 15 is 0 Å². The summed E-state index contributed by atoms with van der Waals surface area (Å²) in [5.41, 5.74) is 3.53. The van der Waals surface area contributed by atoms with E-state index in [1.807, 2.05) is 74.6 Å². The summed E-state index contributed by atoms with van der Waals surface area (Å²) in [6.07, 6.45) is 14.2. The zero-order valence-corrected chi connectivity index (χ0v) is 25.3. The maximum Gasteiger partial charge on any atom is 0.243 e. The molecule has 2 spiro atoms. The first-order valence-corrected chi connectivity index (χ1v) is 17.1. The summed E-state index contributed by atoms with van der Waals surface area (Å²) in [5, 5.41) is 0. The number of aryl methyl sites for hydroxylation is 2. The van der Waals surface area contributed by atoms with Crippen LogP contribution in [-0.2, 0) is 29.5 Å². The van der Waals surface area contributed by atoms with Crippen LogP contribution in [0, 0.1) is 13.8 Å². The van der Waals surface area contributed by atoms with Crippen LogP contribution in [0.5, 0.6) is 0 Å². The summed E-state index contributed by atoms with van der Waals surface area (Å²) < 4.78 is 66.0. The predicted molar refractivity (Wildman–Crippen MR) is 159 cm³/mol. The molecule has 6 heterocycles. The third-order valence-corrected chi connectivity index (χ3v) is 12.7. The van der Waals surface area contributed by atoms with E-state index in [4.69, 9.17) is 9.47 Å². The molecule has 220 valence electrons. The molecule has 2 aromatic rings. The molecular formula is C32H34N2O6S2. The van der Waals surface area contributed by atoms with Gasteiger partial charge in [0.15, 0.2) is 0 Å². The van der Waals surface area contributed by atoms with Crippen LogP contribution in [0.2, 0.25) is 0 Å². The fourth-order valence-corrected chi connectivity index (χ4v) is 9.47. The van der Waals surface area contributed by atoms with Gasteiger partial charge in [-0.3, -0.25) is 0 Å². The van der Waals surface area contributed by atoms with Crippen LogP contribution in [0.4, 0.5) is 0 Å². The number of hydrogen-bond acceptors (Lipinski definition) is 6. The first-order valence-electron chi connectivity index (χ1n) is 14.3. The van der Waals surface area contributed by atoms with E-state index in [1.54, 1.807) is 24.3 Å². The monoisotopic (exact) mass is 606 g/mol. The van der Waals surface area contributed by atoms with Gasteiger partial charge in [0.2, 0.25) is 20.0 Å². The van der Waals surface area contributed by atoms with Crippen molar-refractivity contribution in [3.05, 3.63) is 107 Å². The highest BCUT2D eigenvalue weighted by Crippen LogP contribution is 2.46. The van der Waals surface area contributed by atoms with E-state index in [1.165, 1.54) is 19.8 Å². The Morgan fingerprint density at radius 1 is 0.643 bits per heavy atom. The summed E-state index contributed by atoms with van der Waals surface area (Å²) in [4.78, 5) is 0.691. The summed E-state index contributed by atoms with van der Waals surface area (Å²) in [6, 6.07) is 14.0. The summed E-state index contributed by atoms with van der Waals surface area (Å²) in [6.45, 7) is 5.50. The molecule has 0 saturated carbocycles. The van der Waals surface area contributed by atoms with Gasteiger partial charge in [0.1, 0.15) is 11.2 Å². The van der Waals surface area contributed by atoms with Gasteiger partial charge < -0.3 is 9.47 Å². The average Bonchev–Trinajstić information content (AvgIpc) is 3.75. The fourth-order valence-electron chi connectivity index (χ4n) is 6.64. The van der Waals surface area contributed by atoms with Crippen LogP contribution in [0.25, 0.3) is 0 Å². The molecular weight excluding hydrogens is 572 g/mol. The second kappa shape index (κ2) is 9.83. The lowest BCUT2D eigenvalue weighted by atomic mass is 9.86. The largest absolute Gasteiger partial charge is 0.357 e. The molecule has 6 aliphatic heterocycles. The topological polar surface area (TPSA) is 93.2 Å². The van der Waals surface area contributed by atoms with Crippen LogP contribution < -0.4 is 0 Å². The van der Waals surface area contributed by atoms with E-state index in [0.717, 1.165) is 24.0 Å². The summed E-state index contributed by atoms with van der Waals surface area (Å²) in [7, 11) is -6.94. The number of fused-ring (bicyclic) bond motifs is 2. The molecule has 4 bridgehead atoms. The molecule has 0 aromatic heterocycles. The van der Waals surface area contributed by atoms with Crippen LogP contribution >= 0.6 is 0 Å². The van der Waals surface area contributed by atoms with Crippen LogP contribution in [0.3, 0.4) is 0 Å². The van der Waals surface area contributed by atoms with E-state index in [0.29, 0.717) is 36.0 Å². The Hall–Kier alpha value is -2.86. The van der Waals surface area contributed by atoms with Gasteiger partial charge in [-0.25, -0.2) is 16.8 Å². The highest BCUT2D eigenvalue weighted by Gasteiger charge is 2.51. The third-order valence-electron chi connectivity index (χ3n) is 9.04. The normalized spacial score (nSPS) is 31.3. The second-order valence-corrected chi connectivity index (χ2v) is 15.8. The molecule has 6 aliphatic rings. The van der Waals surface area contributed by atoms with Gasteiger partial charge in [-0.1, -0.05) is 59.7 Å². The smallest absolute Gasteiger partial charge is 0.243 e. The molecule has 2 fully saturated rings. The minimum absolute atomic E-state index is 0.123. The van der Waals surface area contributed by atoms with Crippen molar-refractivity contribution in [1.82, 2.24) is 8.61 Å². The number of rotatable bonds is 4. The number of sulfonamides is 2. The zero-order valence-electron chi connectivity index (χ0n) is 23.6. The Morgan fingerprint density at radius 3 is 1.38 bits per heavy atom. The third kappa shape index (κ3) is 4.56. The molecule has 10 heteroatoms. The van der Waals surface area contributed by atoms with Crippen LogP contribution in [0.15, 0.2) is 106 Å². The highest BCUT2D eigenvalue weighted by atomic mass is 32.2. The van der Waals surface area contributed by atoms with E-state index in [-0.39, 0.29) is 12.2 Å². The maximum absolute atomic E-state index is 12.8. The Labute approximate surface area is 247 Å². The molecule has 2 aromatic carbocycles. The zero-order chi connectivity index (χ0) is 29.3. The Kier molecular flexibility index (Phi) is 6.54. The lowest BCUT2D eigenvalue weighted by Crippen LogP contribution is -2.47. The first-order chi connectivity index (χ1) is 20.0. The highest BCUT2D eigenvalue weighted by molar-refractivity contribution is 7.89. The van der Waals surface area contributed by atoms with Crippen LogP contribution in [0.1, 0.15) is 24.0 Å². The molecule has 0 aliphatic carbocycles. The lowest BCUT2D eigenvalue weighted by molar-refractivity contribution is 0.0314. The summed E-state index contributed by atoms with van der Waals surface area (Å²) in [5.74, 6) is 0. The van der Waals surface area contributed by atoms with Gasteiger partial charge in [-0.2, -0.15) is 8.61 Å². The van der Waals surface area contributed by atoms with Gasteiger partial charge in [0.25, 0.3) is 0 Å². The average molecular weight is 607 g/mol. The minimum atomic E-state index is -3.47. The first kappa shape index (κ1) is 27.9. The molecule has 0 N–H and O–H groups in total. The van der Waals surface area contributed by atoms with Crippen molar-refractivity contribution in [1.29, 1.82) is 0 Å². The molecule has 8 rings (SSSR count). The molecule has 42 heavy (non-hydrogen) atoms. The van der Waals surface area contributed by atoms with E-state index in [9.17, 15) is 16.8 Å². The molecule has 0 amide bonds. The lowest BCUT2D eigenvalue weighted by Gasteiger charge is -2.35. The molecule has 2 saturated heterocycles. The predicted octanol–water partition coefficient (Wildman–Crippen LogP) is 4.05. The van der Waals surface area contributed by atoms with E-state index in [2.05, 4.69) is 0 Å². The van der Waals surface area contributed by atoms with Crippen molar-refractivity contribution in [2.75, 3.05) is 26.2 Å². The van der Waals surface area contributed by atoms with Crippen molar-refractivity contribution in [3.63, 3.8) is 0 Å². The van der Waals surface area contributed by atoms with Crippen molar-refractivity contribution in [2.24, 2.45) is 0 Å². The second-order valence-electron chi connectivity index (χ2n) is 11.9. The molecule has 0 radical (unpaired) electrons. The van der Waals surface area contributed by atoms with E-state index < -0.39 is 31.2 Å². The molecule has 8 nitrogen and oxygen atoms in total. The van der Waals surface area contributed by atoms with Crippen LogP contribution in [-0.4, -0.2) is 75.0 Å². The SMILES string of the molecule is Cc1ccc(S(=O)(=O)N2CC=C3C[C@@H]4C=C[C@@]3(C2)O4)cc1.Cc1ccc(S(=O)(=O)N2CC=C3C[C@H]4C=C[C@]3(C2)O4)cc1. The number of hydrogen-bond donors (Lipinski definition) is 0. The standard InChI is InChI=1S/2C16H17NO3S/c2*1-12-2-4-15(5-3-12)21(18,19)17-9-7-13-10-14-6-8-16(13,11-17)20-14/h2*2-8,14H,9-11H2,1H3/t2*14-,16-/m10/s1. The number of ether oxygens (including phenoxy) is 2.